The molecule has 0 radical (unpaired) electrons. The van der Waals surface area contributed by atoms with E-state index < -0.39 is 11.6 Å². The molecule has 0 aliphatic carbocycles. The summed E-state index contributed by atoms with van der Waals surface area (Å²) in [5, 5.41) is 22.0. The van der Waals surface area contributed by atoms with Crippen molar-refractivity contribution < 1.29 is 14.3 Å². The van der Waals surface area contributed by atoms with E-state index in [-0.39, 0.29) is 23.9 Å². The zero-order valence-corrected chi connectivity index (χ0v) is 15.6. The largest absolute Gasteiger partial charge is 0.366 e. The van der Waals surface area contributed by atoms with Crippen LogP contribution in [0.15, 0.2) is 59.1 Å². The average molecular weight is 401 g/mol. The summed E-state index contributed by atoms with van der Waals surface area (Å²) >= 11 is 7.20. The lowest BCUT2D eigenvalue weighted by Crippen LogP contribution is -2.48. The highest BCUT2D eigenvalue weighted by Gasteiger charge is 2.51. The van der Waals surface area contributed by atoms with Gasteiger partial charge in [0.15, 0.2) is 5.72 Å². The van der Waals surface area contributed by atoms with Gasteiger partial charge < -0.3 is 5.11 Å². The van der Waals surface area contributed by atoms with Crippen molar-refractivity contribution in [2.24, 2.45) is 0 Å². The van der Waals surface area contributed by atoms with Gasteiger partial charge in [0.1, 0.15) is 5.82 Å². The number of hydrogen-bond acceptors (Lipinski definition) is 4. The van der Waals surface area contributed by atoms with Gasteiger partial charge in [-0.25, -0.2) is 4.39 Å². The van der Waals surface area contributed by atoms with Gasteiger partial charge in [0.2, 0.25) is 5.91 Å². The molecule has 4 nitrogen and oxygen atoms in total. The van der Waals surface area contributed by atoms with Crippen molar-refractivity contribution in [3.05, 3.63) is 81.1 Å². The number of amides is 1. The maximum atomic E-state index is 13.2. The van der Waals surface area contributed by atoms with Crippen LogP contribution in [0.1, 0.15) is 23.5 Å². The van der Waals surface area contributed by atoms with Gasteiger partial charge in [0, 0.05) is 22.9 Å². The second kappa shape index (κ2) is 6.68. The molecule has 1 fully saturated rings. The molecule has 2 aliphatic rings. The van der Waals surface area contributed by atoms with E-state index in [2.05, 4.69) is 6.07 Å². The van der Waals surface area contributed by atoms with Crippen molar-refractivity contribution >= 4 is 29.3 Å². The second-order valence-electron chi connectivity index (χ2n) is 6.48. The summed E-state index contributed by atoms with van der Waals surface area (Å²) in [4.78, 5) is 14.3. The maximum absolute atomic E-state index is 13.2. The van der Waals surface area contributed by atoms with E-state index in [1.807, 2.05) is 0 Å². The third-order valence-electron chi connectivity index (χ3n) is 4.89. The molecule has 2 aromatic rings. The van der Waals surface area contributed by atoms with Gasteiger partial charge >= 0.3 is 0 Å². The van der Waals surface area contributed by atoms with Gasteiger partial charge in [0.25, 0.3) is 0 Å². The molecule has 1 saturated heterocycles. The molecule has 2 aliphatic heterocycles. The minimum Gasteiger partial charge on any atom is -0.366 e. The van der Waals surface area contributed by atoms with Gasteiger partial charge in [-0.1, -0.05) is 35.9 Å². The third-order valence-corrected chi connectivity index (χ3v) is 6.36. The highest BCUT2D eigenvalue weighted by atomic mass is 35.5. The molecule has 7 heteroatoms. The molecule has 0 spiro atoms. The first-order chi connectivity index (χ1) is 12.9. The second-order valence-corrected chi connectivity index (χ2v) is 7.88. The van der Waals surface area contributed by atoms with Crippen LogP contribution in [0, 0.1) is 17.1 Å². The van der Waals surface area contributed by atoms with Crippen LogP contribution in [0.2, 0.25) is 5.02 Å². The SMILES string of the molecule is N#CC1=C2SC[C@](O)(c3ccc(Cl)cc3)N2C(=O)C[C@H]1c1ccc(F)cc1. The smallest absolute Gasteiger partial charge is 0.231 e. The van der Waals surface area contributed by atoms with E-state index in [0.29, 0.717) is 26.8 Å². The first kappa shape index (κ1) is 18.1. The topological polar surface area (TPSA) is 64.3 Å². The van der Waals surface area contributed by atoms with E-state index in [0.717, 1.165) is 0 Å². The van der Waals surface area contributed by atoms with E-state index in [4.69, 9.17) is 11.6 Å². The monoisotopic (exact) mass is 400 g/mol. The Morgan fingerprint density at radius 1 is 1.22 bits per heavy atom. The van der Waals surface area contributed by atoms with Crippen LogP contribution in [0.5, 0.6) is 0 Å². The van der Waals surface area contributed by atoms with Crippen LogP contribution in [0.3, 0.4) is 0 Å². The Morgan fingerprint density at radius 3 is 2.52 bits per heavy atom. The average Bonchev–Trinajstić information content (AvgIpc) is 3.02. The molecule has 1 amide bonds. The summed E-state index contributed by atoms with van der Waals surface area (Å²) in [6, 6.07) is 14.7. The van der Waals surface area contributed by atoms with Gasteiger partial charge in [0.05, 0.1) is 22.4 Å². The number of carbonyl (C=O) groups is 1. The Morgan fingerprint density at radius 2 is 1.89 bits per heavy atom. The van der Waals surface area contributed by atoms with Gasteiger partial charge in [-0.2, -0.15) is 5.26 Å². The molecular formula is C20H14ClFN2O2S. The number of nitrogens with zero attached hydrogens (tertiary/aromatic N) is 2. The first-order valence-electron chi connectivity index (χ1n) is 8.28. The van der Waals surface area contributed by atoms with Crippen LogP contribution in [0.4, 0.5) is 4.39 Å². The number of thioether (sulfide) groups is 1. The number of halogens is 2. The molecular weight excluding hydrogens is 387 g/mol. The molecule has 0 bridgehead atoms. The van der Waals surface area contributed by atoms with Crippen LogP contribution < -0.4 is 0 Å². The predicted octanol–water partition coefficient (Wildman–Crippen LogP) is 4.12. The summed E-state index contributed by atoms with van der Waals surface area (Å²) in [5.41, 5.74) is 0.129. The van der Waals surface area contributed by atoms with E-state index >= 15 is 0 Å². The van der Waals surface area contributed by atoms with Crippen molar-refractivity contribution in [2.45, 2.75) is 18.1 Å². The Kier molecular flexibility index (Phi) is 4.47. The zero-order valence-electron chi connectivity index (χ0n) is 14.0. The Bertz CT molecular complexity index is 985. The summed E-state index contributed by atoms with van der Waals surface area (Å²) in [6.07, 6.45) is 0.0362. The number of carbonyl (C=O) groups excluding carboxylic acids is 1. The van der Waals surface area contributed by atoms with E-state index in [1.165, 1.54) is 28.8 Å². The Balaban J connectivity index is 1.79. The van der Waals surface area contributed by atoms with E-state index in [1.54, 1.807) is 36.4 Å². The first-order valence-corrected chi connectivity index (χ1v) is 9.64. The number of rotatable bonds is 2. The number of hydrogen-bond donors (Lipinski definition) is 1. The van der Waals surface area contributed by atoms with Crippen LogP contribution in [-0.2, 0) is 10.5 Å². The van der Waals surface area contributed by atoms with Crippen LogP contribution in [-0.4, -0.2) is 21.7 Å². The number of benzene rings is 2. The van der Waals surface area contributed by atoms with Gasteiger partial charge in [-0.05, 0) is 29.8 Å². The zero-order chi connectivity index (χ0) is 19.2. The van der Waals surface area contributed by atoms with Crippen molar-refractivity contribution in [1.29, 1.82) is 5.26 Å². The fourth-order valence-electron chi connectivity index (χ4n) is 3.54. The van der Waals surface area contributed by atoms with E-state index in [9.17, 15) is 19.6 Å². The summed E-state index contributed by atoms with van der Waals surface area (Å²) in [5.74, 6) is -0.881. The van der Waals surface area contributed by atoms with Crippen LogP contribution in [0.25, 0.3) is 0 Å². The minimum absolute atomic E-state index is 0.0362. The fraction of sp³-hybridized carbons (Fsp3) is 0.200. The molecule has 0 saturated carbocycles. The van der Waals surface area contributed by atoms with Crippen LogP contribution >= 0.6 is 23.4 Å². The fourth-order valence-corrected chi connectivity index (χ4v) is 5.02. The minimum atomic E-state index is -1.53. The highest BCUT2D eigenvalue weighted by Crippen LogP contribution is 2.51. The van der Waals surface area contributed by atoms with Crippen molar-refractivity contribution in [3.8, 4) is 6.07 Å². The Labute approximate surface area is 164 Å². The maximum Gasteiger partial charge on any atom is 0.231 e. The highest BCUT2D eigenvalue weighted by molar-refractivity contribution is 8.03. The predicted molar refractivity (Wildman–Crippen MR) is 101 cm³/mol. The van der Waals surface area contributed by atoms with Crippen molar-refractivity contribution in [3.63, 3.8) is 0 Å². The third kappa shape index (κ3) is 2.92. The molecule has 0 unspecified atom stereocenters. The molecule has 2 aromatic carbocycles. The molecule has 2 atom stereocenters. The number of nitriles is 1. The van der Waals surface area contributed by atoms with Gasteiger partial charge in [-0.15, -0.1) is 11.8 Å². The quantitative estimate of drug-likeness (QED) is 0.823. The molecule has 27 heavy (non-hydrogen) atoms. The van der Waals surface area contributed by atoms with Crippen molar-refractivity contribution in [1.82, 2.24) is 4.90 Å². The summed E-state index contributed by atoms with van der Waals surface area (Å²) in [7, 11) is 0. The molecule has 136 valence electrons. The molecule has 2 heterocycles. The number of fused-ring (bicyclic) bond motifs is 1. The molecule has 0 aromatic heterocycles. The normalized spacial score (nSPS) is 24.7. The lowest BCUT2D eigenvalue weighted by molar-refractivity contribution is -0.149. The summed E-state index contributed by atoms with van der Waals surface area (Å²) in [6.45, 7) is 0. The number of aliphatic hydroxyl groups is 1. The standard InChI is InChI=1S/C20H14ClFN2O2S/c21-14-5-3-13(4-6-14)20(26)11-27-19-17(10-23)16(9-18(25)24(19)20)12-1-7-15(22)8-2-12/h1-8,16,26H,9,11H2/t16-,20-/m0/s1. The Hall–Kier alpha value is -2.33. The lowest BCUT2D eigenvalue weighted by Gasteiger charge is -2.38. The van der Waals surface area contributed by atoms with Gasteiger partial charge in [-0.3, -0.25) is 9.69 Å². The summed E-state index contributed by atoms with van der Waals surface area (Å²) < 4.78 is 13.2. The molecule has 1 N–H and O–H groups in total. The van der Waals surface area contributed by atoms with Crippen molar-refractivity contribution in [2.75, 3.05) is 5.75 Å². The molecule has 4 rings (SSSR count). The number of allylic oxidation sites excluding steroid dienone is 1. The lowest BCUT2D eigenvalue weighted by atomic mass is 9.85.